The number of carbonyl (C=O) groups excluding carboxylic acids is 1. The van der Waals surface area contributed by atoms with Gasteiger partial charge in [-0.3, -0.25) is 15.1 Å². The Morgan fingerprint density at radius 1 is 1.30 bits per heavy atom. The average Bonchev–Trinajstić information content (AvgIpc) is 3.09. The fourth-order valence-electron chi connectivity index (χ4n) is 2.50. The van der Waals surface area contributed by atoms with Gasteiger partial charge in [-0.25, -0.2) is 4.79 Å². The van der Waals surface area contributed by atoms with Crippen molar-refractivity contribution in [3.8, 4) is 0 Å². The molecule has 0 bridgehead atoms. The number of urea groups is 1. The van der Waals surface area contributed by atoms with Crippen molar-refractivity contribution in [1.29, 1.82) is 0 Å². The predicted octanol–water partition coefficient (Wildman–Crippen LogP) is 2.11. The Morgan fingerprint density at radius 3 is 2.61 bits per heavy atom. The van der Waals surface area contributed by atoms with Crippen LogP contribution in [0.1, 0.15) is 56.4 Å². The van der Waals surface area contributed by atoms with Gasteiger partial charge in [0.2, 0.25) is 5.95 Å². The molecule has 0 aliphatic rings. The van der Waals surface area contributed by atoms with Crippen molar-refractivity contribution < 1.29 is 4.79 Å². The quantitative estimate of drug-likeness (QED) is 0.759. The number of hydrogen-bond donors (Lipinski definition) is 3. The van der Waals surface area contributed by atoms with Crippen molar-refractivity contribution in [2.75, 3.05) is 5.32 Å². The normalized spacial score (nSPS) is 11.0. The fourth-order valence-corrected chi connectivity index (χ4v) is 2.50. The van der Waals surface area contributed by atoms with Gasteiger partial charge in [0.05, 0.1) is 5.69 Å². The van der Waals surface area contributed by atoms with Crippen LogP contribution in [0.4, 0.5) is 10.7 Å². The number of H-pyrrole nitrogens is 1. The summed E-state index contributed by atoms with van der Waals surface area (Å²) in [5, 5.41) is 16.8. The highest BCUT2D eigenvalue weighted by Gasteiger charge is 2.15. The Morgan fingerprint density at radius 2 is 2.04 bits per heavy atom. The molecule has 0 saturated carbocycles. The van der Waals surface area contributed by atoms with Crippen molar-refractivity contribution >= 4 is 12.0 Å². The smallest absolute Gasteiger partial charge is 0.321 e. The summed E-state index contributed by atoms with van der Waals surface area (Å²) >= 11 is 0. The molecule has 2 aromatic heterocycles. The van der Waals surface area contributed by atoms with Crippen LogP contribution in [0.5, 0.6) is 0 Å². The first-order valence-corrected chi connectivity index (χ1v) is 7.96. The molecule has 0 aromatic carbocycles. The molecule has 0 unspecified atom stereocenters. The molecule has 3 N–H and O–H groups in total. The van der Waals surface area contributed by atoms with Gasteiger partial charge in [0.25, 0.3) is 0 Å². The molecule has 126 valence electrons. The Balaban J connectivity index is 1.99. The van der Waals surface area contributed by atoms with Crippen molar-refractivity contribution in [1.82, 2.24) is 30.3 Å². The van der Waals surface area contributed by atoms with E-state index < -0.39 is 0 Å². The predicted molar refractivity (Wildman–Crippen MR) is 88.3 cm³/mol. The third kappa shape index (κ3) is 3.88. The molecule has 0 aliphatic heterocycles. The molecule has 2 amide bonds. The molecule has 0 fully saturated rings. The van der Waals surface area contributed by atoms with E-state index in [0.717, 1.165) is 35.6 Å². The molecule has 0 atom stereocenters. The highest BCUT2D eigenvalue weighted by Crippen LogP contribution is 2.15. The zero-order valence-corrected chi connectivity index (χ0v) is 14.4. The van der Waals surface area contributed by atoms with Crippen LogP contribution < -0.4 is 10.6 Å². The van der Waals surface area contributed by atoms with E-state index in [1.165, 1.54) is 0 Å². The lowest BCUT2D eigenvalue weighted by Gasteiger charge is -2.07. The second-order valence-electron chi connectivity index (χ2n) is 5.71. The number of nitrogens with zero attached hydrogens (tertiary/aromatic N) is 4. The summed E-state index contributed by atoms with van der Waals surface area (Å²) in [6, 6.07) is -0.327. The van der Waals surface area contributed by atoms with Gasteiger partial charge in [-0.1, -0.05) is 27.7 Å². The fraction of sp³-hybridized carbons (Fsp3) is 0.600. The first-order valence-electron chi connectivity index (χ1n) is 7.96. The van der Waals surface area contributed by atoms with Crippen LogP contribution in [-0.2, 0) is 26.4 Å². The number of anilines is 1. The number of aryl methyl sites for hydroxylation is 2. The summed E-state index contributed by atoms with van der Waals surface area (Å²) < 4.78 is 1.89. The zero-order valence-electron chi connectivity index (χ0n) is 14.4. The van der Waals surface area contributed by atoms with E-state index in [0.29, 0.717) is 6.54 Å². The first kappa shape index (κ1) is 17.0. The average molecular weight is 319 g/mol. The topological polar surface area (TPSA) is 101 Å². The van der Waals surface area contributed by atoms with Gasteiger partial charge >= 0.3 is 6.03 Å². The number of aromatic nitrogens is 5. The first-order chi connectivity index (χ1) is 11.0. The number of amides is 2. The molecule has 0 saturated heterocycles. The molecule has 8 heteroatoms. The lowest BCUT2D eigenvalue weighted by Crippen LogP contribution is -2.29. The molecular weight excluding hydrogens is 294 g/mol. The van der Waals surface area contributed by atoms with E-state index in [2.05, 4.69) is 44.8 Å². The minimum absolute atomic E-state index is 0.232. The SMILES string of the molecule is CCc1nn(C)c(CC)c1CNC(=O)Nc1n[nH]c(C(C)C)n1. The van der Waals surface area contributed by atoms with E-state index in [9.17, 15) is 4.79 Å². The molecule has 0 spiro atoms. The van der Waals surface area contributed by atoms with Crippen molar-refractivity contribution in [3.05, 3.63) is 22.8 Å². The number of carbonyl (C=O) groups is 1. The maximum atomic E-state index is 12.0. The molecule has 0 aliphatic carbocycles. The monoisotopic (exact) mass is 319 g/mol. The third-order valence-electron chi connectivity index (χ3n) is 3.73. The van der Waals surface area contributed by atoms with E-state index in [4.69, 9.17) is 0 Å². The van der Waals surface area contributed by atoms with E-state index in [-0.39, 0.29) is 17.9 Å². The molecule has 2 rings (SSSR count). The standard InChI is InChI=1S/C15H25N7O/c1-6-11-10(12(7-2)22(5)21-11)8-16-15(23)18-14-17-13(9(3)4)19-20-14/h9H,6-8H2,1-5H3,(H3,16,17,18,19,20,23). The van der Waals surface area contributed by atoms with Gasteiger partial charge in [-0.05, 0) is 12.8 Å². The summed E-state index contributed by atoms with van der Waals surface area (Å²) in [5.41, 5.74) is 3.25. The Bertz CT molecular complexity index is 671. The molecule has 2 aromatic rings. The zero-order chi connectivity index (χ0) is 17.0. The molecule has 8 nitrogen and oxygen atoms in total. The van der Waals surface area contributed by atoms with Crippen LogP contribution in [-0.4, -0.2) is 31.0 Å². The lowest BCUT2D eigenvalue weighted by atomic mass is 10.1. The summed E-state index contributed by atoms with van der Waals surface area (Å²) in [4.78, 5) is 16.2. The van der Waals surface area contributed by atoms with E-state index in [1.807, 2.05) is 25.6 Å². The Kier molecular flexibility index (Phi) is 5.36. The van der Waals surface area contributed by atoms with E-state index in [1.54, 1.807) is 0 Å². The minimum atomic E-state index is -0.327. The van der Waals surface area contributed by atoms with Crippen LogP contribution in [0.3, 0.4) is 0 Å². The van der Waals surface area contributed by atoms with E-state index >= 15 is 0 Å². The number of rotatable bonds is 6. The second kappa shape index (κ2) is 7.26. The van der Waals surface area contributed by atoms with Crippen molar-refractivity contribution in [2.24, 2.45) is 7.05 Å². The van der Waals surface area contributed by atoms with Gasteiger partial charge < -0.3 is 5.32 Å². The summed E-state index contributed by atoms with van der Waals surface area (Å²) in [6.07, 6.45) is 1.71. The summed E-state index contributed by atoms with van der Waals surface area (Å²) in [5.74, 6) is 1.26. The largest absolute Gasteiger partial charge is 0.334 e. The number of hydrogen-bond acceptors (Lipinski definition) is 4. The van der Waals surface area contributed by atoms with Gasteiger partial charge in [0.1, 0.15) is 5.82 Å². The van der Waals surface area contributed by atoms with Crippen LogP contribution in [0, 0.1) is 0 Å². The molecule has 2 heterocycles. The van der Waals surface area contributed by atoms with Crippen molar-refractivity contribution in [3.63, 3.8) is 0 Å². The molecule has 0 radical (unpaired) electrons. The maximum absolute atomic E-state index is 12.0. The molecule has 23 heavy (non-hydrogen) atoms. The minimum Gasteiger partial charge on any atom is -0.334 e. The van der Waals surface area contributed by atoms with Gasteiger partial charge in [-0.2, -0.15) is 10.1 Å². The second-order valence-corrected chi connectivity index (χ2v) is 5.71. The summed E-state index contributed by atoms with van der Waals surface area (Å²) in [6.45, 7) is 8.59. The van der Waals surface area contributed by atoms with Gasteiger partial charge in [0.15, 0.2) is 0 Å². The van der Waals surface area contributed by atoms with Crippen LogP contribution in [0.25, 0.3) is 0 Å². The van der Waals surface area contributed by atoms with Gasteiger partial charge in [-0.15, -0.1) is 5.10 Å². The van der Waals surface area contributed by atoms with Crippen LogP contribution >= 0.6 is 0 Å². The van der Waals surface area contributed by atoms with Crippen molar-refractivity contribution in [2.45, 2.75) is 53.0 Å². The number of nitrogens with one attached hydrogen (secondary N) is 3. The highest BCUT2D eigenvalue weighted by atomic mass is 16.2. The Labute approximate surface area is 136 Å². The van der Waals surface area contributed by atoms with Gasteiger partial charge in [0, 0.05) is 30.8 Å². The summed E-state index contributed by atoms with van der Waals surface area (Å²) in [7, 11) is 1.93. The van der Waals surface area contributed by atoms with Crippen LogP contribution in [0.15, 0.2) is 0 Å². The third-order valence-corrected chi connectivity index (χ3v) is 3.73. The number of aromatic amines is 1. The maximum Gasteiger partial charge on any atom is 0.321 e. The lowest BCUT2D eigenvalue weighted by molar-refractivity contribution is 0.251. The molecular formula is C15H25N7O. The van der Waals surface area contributed by atoms with Crippen LogP contribution in [0.2, 0.25) is 0 Å². The highest BCUT2D eigenvalue weighted by molar-refractivity contribution is 5.87. The Hall–Kier alpha value is -2.38.